The highest BCUT2D eigenvalue weighted by Crippen LogP contribution is 2.31. The summed E-state index contributed by atoms with van der Waals surface area (Å²) in [6.45, 7) is 1.09. The summed E-state index contributed by atoms with van der Waals surface area (Å²) in [5, 5.41) is 0. The van der Waals surface area contributed by atoms with Crippen LogP contribution in [0, 0.1) is 0 Å². The molecule has 0 N–H and O–H groups in total. The number of carbonyl (C=O) groups excluding carboxylic acids is 1. The molecule has 0 atom stereocenters. The molecule has 1 aromatic carbocycles. The molecule has 0 amide bonds. The number of rotatable bonds is 3. The van der Waals surface area contributed by atoms with E-state index in [1.54, 1.807) is 0 Å². The highest BCUT2D eigenvalue weighted by atomic mass is 19.4. The molecule has 1 rings (SSSR count). The van der Waals surface area contributed by atoms with Gasteiger partial charge in [-0.3, -0.25) is 0 Å². The van der Waals surface area contributed by atoms with Crippen molar-refractivity contribution < 1.29 is 35.9 Å². The molecule has 0 bridgehead atoms. The van der Waals surface area contributed by atoms with Crippen LogP contribution in [0.3, 0.4) is 0 Å². The van der Waals surface area contributed by atoms with Gasteiger partial charge in [-0.15, -0.1) is 0 Å². The summed E-state index contributed by atoms with van der Waals surface area (Å²) >= 11 is 0. The zero-order valence-corrected chi connectivity index (χ0v) is 10.7. The Kier molecular flexibility index (Phi) is 5.03. The first-order chi connectivity index (χ1) is 9.55. The smallest absolute Gasteiger partial charge is 0.423 e. The molecule has 0 heterocycles. The van der Waals surface area contributed by atoms with Crippen LogP contribution in [0.25, 0.3) is 6.08 Å². The van der Waals surface area contributed by atoms with Crippen molar-refractivity contribution in [3.63, 3.8) is 0 Å². The van der Waals surface area contributed by atoms with Gasteiger partial charge in [0, 0.05) is 0 Å². The standard InChI is InChI=1S/C13H10F6O2/c1-2-21-11(20)10(13(17,18)19)7-8-3-5-9(6-4-8)12(14,15)16/h3-7H,2H2,1H3. The zero-order valence-electron chi connectivity index (χ0n) is 10.7. The van der Waals surface area contributed by atoms with E-state index >= 15 is 0 Å². The number of alkyl halides is 6. The van der Waals surface area contributed by atoms with Gasteiger partial charge in [0.15, 0.2) is 0 Å². The van der Waals surface area contributed by atoms with Crippen LogP contribution in [0.5, 0.6) is 0 Å². The van der Waals surface area contributed by atoms with Crippen molar-refractivity contribution in [3.8, 4) is 0 Å². The SMILES string of the molecule is CCOC(=O)C(=Cc1ccc(C(F)(F)F)cc1)C(F)(F)F. The lowest BCUT2D eigenvalue weighted by atomic mass is 10.1. The van der Waals surface area contributed by atoms with E-state index in [2.05, 4.69) is 4.74 Å². The molecule has 116 valence electrons. The third-order valence-corrected chi connectivity index (χ3v) is 2.35. The van der Waals surface area contributed by atoms with Gasteiger partial charge in [-0.05, 0) is 30.7 Å². The van der Waals surface area contributed by atoms with Crippen LogP contribution >= 0.6 is 0 Å². The van der Waals surface area contributed by atoms with Gasteiger partial charge < -0.3 is 4.74 Å². The van der Waals surface area contributed by atoms with Crippen molar-refractivity contribution in [2.45, 2.75) is 19.3 Å². The van der Waals surface area contributed by atoms with E-state index in [-0.39, 0.29) is 12.2 Å². The Morgan fingerprint density at radius 1 is 1.10 bits per heavy atom. The number of halogens is 6. The molecule has 0 radical (unpaired) electrons. The van der Waals surface area contributed by atoms with Crippen molar-refractivity contribution in [1.82, 2.24) is 0 Å². The highest BCUT2D eigenvalue weighted by Gasteiger charge is 2.39. The Balaban J connectivity index is 3.14. The van der Waals surface area contributed by atoms with Gasteiger partial charge in [-0.1, -0.05) is 12.1 Å². The summed E-state index contributed by atoms with van der Waals surface area (Å²) in [6, 6.07) is 2.94. The van der Waals surface area contributed by atoms with Crippen LogP contribution in [-0.4, -0.2) is 18.8 Å². The van der Waals surface area contributed by atoms with Gasteiger partial charge in [0.1, 0.15) is 5.57 Å². The Bertz CT molecular complexity index is 525. The van der Waals surface area contributed by atoms with Crippen LogP contribution in [0.2, 0.25) is 0 Å². The minimum atomic E-state index is -4.96. The summed E-state index contributed by atoms with van der Waals surface area (Å²) in [7, 11) is 0. The first kappa shape index (κ1) is 17.1. The predicted octanol–water partition coefficient (Wildman–Crippen LogP) is 4.21. The number of ether oxygens (including phenoxy) is 1. The van der Waals surface area contributed by atoms with Crippen LogP contribution in [0.15, 0.2) is 29.8 Å². The van der Waals surface area contributed by atoms with E-state index in [1.807, 2.05) is 0 Å². The van der Waals surface area contributed by atoms with Crippen molar-refractivity contribution in [1.29, 1.82) is 0 Å². The molecule has 0 saturated carbocycles. The number of esters is 1. The molecule has 0 aliphatic carbocycles. The fourth-order valence-electron chi connectivity index (χ4n) is 1.40. The third-order valence-electron chi connectivity index (χ3n) is 2.35. The molecule has 0 aromatic heterocycles. The summed E-state index contributed by atoms with van der Waals surface area (Å²) in [6.07, 6.45) is -9.11. The monoisotopic (exact) mass is 312 g/mol. The average Bonchev–Trinajstić information content (AvgIpc) is 2.34. The van der Waals surface area contributed by atoms with Crippen LogP contribution in [0.1, 0.15) is 18.1 Å². The molecule has 0 saturated heterocycles. The third kappa shape index (κ3) is 4.80. The predicted molar refractivity (Wildman–Crippen MR) is 62.1 cm³/mol. The second-order valence-corrected chi connectivity index (χ2v) is 3.90. The van der Waals surface area contributed by atoms with E-state index in [0.29, 0.717) is 18.2 Å². The zero-order chi connectivity index (χ0) is 16.3. The normalized spacial score (nSPS) is 13.2. The first-order valence-electron chi connectivity index (χ1n) is 5.69. The summed E-state index contributed by atoms with van der Waals surface area (Å²) in [5.41, 5.74) is -2.77. The minimum absolute atomic E-state index is 0.191. The molecule has 2 nitrogen and oxygen atoms in total. The van der Waals surface area contributed by atoms with Gasteiger partial charge in [-0.25, -0.2) is 4.79 Å². The Hall–Kier alpha value is -1.99. The highest BCUT2D eigenvalue weighted by molar-refractivity contribution is 5.95. The maximum Gasteiger partial charge on any atom is 0.423 e. The number of hydrogen-bond acceptors (Lipinski definition) is 2. The lowest BCUT2D eigenvalue weighted by molar-refractivity contribution is -0.149. The number of benzene rings is 1. The summed E-state index contributed by atoms with van der Waals surface area (Å²) in [5.74, 6) is -1.58. The second kappa shape index (κ2) is 6.19. The Morgan fingerprint density at radius 3 is 2.00 bits per heavy atom. The molecule has 1 aromatic rings. The van der Waals surface area contributed by atoms with E-state index in [4.69, 9.17) is 0 Å². The van der Waals surface area contributed by atoms with E-state index < -0.39 is 29.5 Å². The molecular formula is C13H10F6O2. The molecular weight excluding hydrogens is 302 g/mol. The van der Waals surface area contributed by atoms with Crippen LogP contribution in [-0.2, 0) is 15.7 Å². The quantitative estimate of drug-likeness (QED) is 0.475. The van der Waals surface area contributed by atoms with Gasteiger partial charge >= 0.3 is 18.3 Å². The maximum absolute atomic E-state index is 12.7. The van der Waals surface area contributed by atoms with Gasteiger partial charge in [-0.2, -0.15) is 26.3 Å². The van der Waals surface area contributed by atoms with Crippen molar-refractivity contribution in [3.05, 3.63) is 41.0 Å². The molecule has 0 spiro atoms. The lowest BCUT2D eigenvalue weighted by Gasteiger charge is -2.11. The first-order valence-corrected chi connectivity index (χ1v) is 5.69. The van der Waals surface area contributed by atoms with E-state index in [0.717, 1.165) is 12.1 Å². The molecule has 0 fully saturated rings. The van der Waals surface area contributed by atoms with Gasteiger partial charge in [0.2, 0.25) is 0 Å². The Morgan fingerprint density at radius 2 is 1.62 bits per heavy atom. The fraction of sp³-hybridized carbons (Fsp3) is 0.308. The van der Waals surface area contributed by atoms with Crippen LogP contribution < -0.4 is 0 Å². The van der Waals surface area contributed by atoms with Crippen molar-refractivity contribution >= 4 is 12.0 Å². The van der Waals surface area contributed by atoms with Gasteiger partial charge in [0.05, 0.1) is 12.2 Å². The topological polar surface area (TPSA) is 26.3 Å². The second-order valence-electron chi connectivity index (χ2n) is 3.90. The minimum Gasteiger partial charge on any atom is -0.462 e. The molecule has 21 heavy (non-hydrogen) atoms. The Labute approximate surface area is 116 Å². The molecule has 8 heteroatoms. The number of carbonyl (C=O) groups is 1. The largest absolute Gasteiger partial charge is 0.462 e. The maximum atomic E-state index is 12.7. The van der Waals surface area contributed by atoms with E-state index in [1.165, 1.54) is 6.92 Å². The molecule has 0 unspecified atom stereocenters. The fourth-order valence-corrected chi connectivity index (χ4v) is 1.40. The van der Waals surface area contributed by atoms with Crippen molar-refractivity contribution in [2.75, 3.05) is 6.61 Å². The van der Waals surface area contributed by atoms with Crippen molar-refractivity contribution in [2.24, 2.45) is 0 Å². The summed E-state index contributed by atoms with van der Waals surface area (Å²) < 4.78 is 79.4. The molecule has 0 aliphatic heterocycles. The van der Waals surface area contributed by atoms with Crippen LogP contribution in [0.4, 0.5) is 26.3 Å². The summed E-state index contributed by atoms with van der Waals surface area (Å²) in [4.78, 5) is 11.2. The van der Waals surface area contributed by atoms with Gasteiger partial charge in [0.25, 0.3) is 0 Å². The molecule has 0 aliphatic rings. The lowest BCUT2D eigenvalue weighted by Crippen LogP contribution is -2.22. The average molecular weight is 312 g/mol. The van der Waals surface area contributed by atoms with E-state index in [9.17, 15) is 31.1 Å². The number of hydrogen-bond donors (Lipinski definition) is 0.